The lowest BCUT2D eigenvalue weighted by Crippen LogP contribution is -2.68. The average Bonchev–Trinajstić information content (AvgIpc) is 3.16. The van der Waals surface area contributed by atoms with E-state index in [4.69, 9.17) is 18.9 Å². The highest BCUT2D eigenvalue weighted by Gasteiger charge is 2.51. The third kappa shape index (κ3) is 11.2. The van der Waals surface area contributed by atoms with Gasteiger partial charge in [-0.1, -0.05) is 19.9 Å². The molecule has 1 aromatic heterocycles. The number of aliphatic carboxylic acids is 1. The Kier molecular flexibility index (Phi) is 16.0. The van der Waals surface area contributed by atoms with Crippen LogP contribution in [0.25, 0.3) is 10.9 Å². The molecule has 1 aromatic carbocycles. The molecule has 0 spiro atoms. The van der Waals surface area contributed by atoms with Gasteiger partial charge >= 0.3 is 12.0 Å². The van der Waals surface area contributed by atoms with Crippen LogP contribution in [0.5, 0.6) is 0 Å². The zero-order valence-corrected chi connectivity index (χ0v) is 30.5. The smallest absolute Gasteiger partial charge is 0.328 e. The number of nitrogens with one attached hydrogen (secondary N) is 4. The quantitative estimate of drug-likeness (QED) is 0.0748. The summed E-state index contributed by atoms with van der Waals surface area (Å²) in [5, 5.41) is 81.8. The summed E-state index contributed by atoms with van der Waals surface area (Å²) < 4.78 is 22.4. The number of carboxylic acid groups (broad SMARTS) is 1. The third-order valence-electron chi connectivity index (χ3n) is 9.18. The van der Waals surface area contributed by atoms with E-state index in [-0.39, 0.29) is 17.3 Å². The average molecular weight is 783 g/mol. The van der Waals surface area contributed by atoms with Crippen LogP contribution in [0.3, 0.4) is 0 Å². The van der Waals surface area contributed by atoms with Crippen LogP contribution in [0.4, 0.5) is 10.5 Å². The highest BCUT2D eigenvalue weighted by Crippen LogP contribution is 2.30. The Morgan fingerprint density at radius 2 is 1.58 bits per heavy atom. The van der Waals surface area contributed by atoms with Crippen LogP contribution < -0.4 is 21.3 Å². The molecule has 2 aliphatic rings. The van der Waals surface area contributed by atoms with Crippen LogP contribution >= 0.6 is 0 Å². The Hall–Kier alpha value is -4.13. The van der Waals surface area contributed by atoms with E-state index in [1.807, 2.05) is 13.8 Å². The molecule has 4 rings (SSSR count). The van der Waals surface area contributed by atoms with E-state index in [0.29, 0.717) is 24.0 Å². The van der Waals surface area contributed by atoms with Crippen molar-refractivity contribution in [2.24, 2.45) is 0 Å². The Morgan fingerprint density at radius 3 is 2.22 bits per heavy atom. The number of aromatic nitrogens is 1. The minimum atomic E-state index is -1.90. The first-order valence-electron chi connectivity index (χ1n) is 17.7. The lowest BCUT2D eigenvalue weighted by Gasteiger charge is -2.47. The van der Waals surface area contributed by atoms with E-state index < -0.39 is 105 Å². The van der Waals surface area contributed by atoms with Crippen LogP contribution in [0.1, 0.15) is 31.3 Å². The van der Waals surface area contributed by atoms with Gasteiger partial charge in [-0.15, -0.1) is 0 Å². The monoisotopic (exact) mass is 782 g/mol. The molecule has 0 radical (unpaired) electrons. The fourth-order valence-electron chi connectivity index (χ4n) is 6.07. The highest BCUT2D eigenvalue weighted by atomic mass is 16.7. The van der Waals surface area contributed by atoms with Crippen molar-refractivity contribution in [2.45, 2.75) is 88.2 Å². The molecule has 306 valence electrons. The number of carbonyl (C=O) groups excluding carboxylic acids is 3. The molecule has 0 aliphatic carbocycles. The number of carbonyl (C=O) groups is 4. The number of hydrogen-bond donors (Lipinski definition) is 11. The zero-order valence-electron chi connectivity index (χ0n) is 30.5. The molecule has 2 aliphatic heterocycles. The lowest BCUT2D eigenvalue weighted by molar-refractivity contribution is -0.345. The van der Waals surface area contributed by atoms with Crippen LogP contribution in [0.2, 0.25) is 0 Å². The van der Waals surface area contributed by atoms with Crippen molar-refractivity contribution in [3.63, 3.8) is 0 Å². The van der Waals surface area contributed by atoms with E-state index >= 15 is 0 Å². The first-order chi connectivity index (χ1) is 26.2. The Balaban J connectivity index is 1.41. The molecule has 0 bridgehead atoms. The van der Waals surface area contributed by atoms with Crippen molar-refractivity contribution in [2.75, 3.05) is 51.3 Å². The molecule has 3 heterocycles. The number of fused-ring (bicyclic) bond motifs is 1. The van der Waals surface area contributed by atoms with E-state index in [0.717, 1.165) is 20.0 Å². The number of hydrogen-bond acceptors (Lipinski definition) is 16. The van der Waals surface area contributed by atoms with Gasteiger partial charge in [0, 0.05) is 31.1 Å². The molecule has 2 aromatic rings. The van der Waals surface area contributed by atoms with E-state index in [1.165, 1.54) is 12.1 Å². The molecule has 55 heavy (non-hydrogen) atoms. The molecule has 11 atom stereocenters. The Bertz CT molecular complexity index is 1620. The van der Waals surface area contributed by atoms with Crippen LogP contribution in [-0.2, 0) is 28.5 Å². The number of aliphatic hydroxyl groups is 6. The number of nitrogens with zero attached hydrogens (tertiary/aromatic N) is 2. The number of pyridine rings is 1. The van der Waals surface area contributed by atoms with Crippen molar-refractivity contribution in [3.05, 3.63) is 36.0 Å². The van der Waals surface area contributed by atoms with Crippen molar-refractivity contribution in [1.29, 1.82) is 0 Å². The SMILES string of the molecule is CCN(CC)CCNC(=O)c1ccc2cc(NC(=O)NC(CO[C@H]3OC(CO)[C@H](O)C(O[C@@H]4OC(CO)[C@H](O)C(O)C4O)C3NC(C)=O)C(=O)O)ccc2n1. The summed E-state index contributed by atoms with van der Waals surface area (Å²) in [5.74, 6) is -2.55. The second-order valence-electron chi connectivity index (χ2n) is 12.9. The van der Waals surface area contributed by atoms with E-state index in [9.17, 15) is 54.9 Å². The van der Waals surface area contributed by atoms with Crippen molar-refractivity contribution in [1.82, 2.24) is 25.8 Å². The summed E-state index contributed by atoms with van der Waals surface area (Å²) in [6, 6.07) is 3.73. The minimum Gasteiger partial charge on any atom is -0.480 e. The van der Waals surface area contributed by atoms with Gasteiger partial charge < -0.3 is 80.9 Å². The number of rotatable bonds is 17. The van der Waals surface area contributed by atoms with Crippen LogP contribution in [0, 0.1) is 0 Å². The largest absolute Gasteiger partial charge is 0.480 e. The van der Waals surface area contributed by atoms with Gasteiger partial charge in [-0.2, -0.15) is 0 Å². The maximum Gasteiger partial charge on any atom is 0.328 e. The molecule has 4 amide bonds. The maximum atomic E-state index is 12.9. The second kappa shape index (κ2) is 20.2. The number of carboxylic acids is 1. The van der Waals surface area contributed by atoms with E-state index in [1.54, 1.807) is 18.2 Å². The van der Waals surface area contributed by atoms with E-state index in [2.05, 4.69) is 31.2 Å². The summed E-state index contributed by atoms with van der Waals surface area (Å²) in [4.78, 5) is 56.5. The number of urea groups is 1. The molecule has 21 heteroatoms. The minimum absolute atomic E-state index is 0.212. The molecular weight excluding hydrogens is 732 g/mol. The number of ether oxygens (including phenoxy) is 4. The molecule has 0 saturated carbocycles. The summed E-state index contributed by atoms with van der Waals surface area (Å²) in [6.07, 6.45) is -15.0. The van der Waals surface area contributed by atoms with Gasteiger partial charge in [-0.05, 0) is 37.4 Å². The molecule has 7 unspecified atom stereocenters. The van der Waals surface area contributed by atoms with Crippen molar-refractivity contribution >= 4 is 40.4 Å². The normalized spacial score (nSPS) is 28.7. The molecule has 21 nitrogen and oxygen atoms in total. The zero-order chi connectivity index (χ0) is 40.4. The Morgan fingerprint density at radius 1 is 0.909 bits per heavy atom. The fourth-order valence-corrected chi connectivity index (χ4v) is 6.07. The van der Waals surface area contributed by atoms with Gasteiger partial charge in [0.25, 0.3) is 5.91 Å². The first-order valence-corrected chi connectivity index (χ1v) is 17.7. The summed E-state index contributed by atoms with van der Waals surface area (Å²) in [7, 11) is 0. The van der Waals surface area contributed by atoms with Gasteiger partial charge in [0.2, 0.25) is 5.91 Å². The topological polar surface area (TPSA) is 311 Å². The number of aliphatic hydroxyl groups excluding tert-OH is 6. The van der Waals surface area contributed by atoms with Crippen LogP contribution in [-0.4, -0.2) is 183 Å². The second-order valence-corrected chi connectivity index (χ2v) is 12.9. The van der Waals surface area contributed by atoms with Gasteiger partial charge in [0.1, 0.15) is 54.5 Å². The highest BCUT2D eigenvalue weighted by molar-refractivity contribution is 5.97. The standard InChI is InChI=1S/C34H50N6O15/c1-4-40(5-2)11-10-35-30(48)20-8-6-17-12-18(7-9-19(17)38-20)37-34(51)39-21(31(49)50)15-52-32-24(36-16(3)43)29(26(45)23(14-42)53-32)55-33-28(47)27(46)25(44)22(13-41)54-33/h6-9,12,21-29,32-33,41-42,44-47H,4-5,10-11,13-15H2,1-3H3,(H,35,48)(H,36,43)(H,49,50)(H2,37,39,51)/t21?,22?,23?,24?,25-,26-,27?,28?,29?,32-,33-/m0/s1. The first kappa shape index (κ1) is 43.6. The van der Waals surface area contributed by atoms with Gasteiger partial charge in [-0.3, -0.25) is 9.59 Å². The number of anilines is 1. The predicted molar refractivity (Wildman–Crippen MR) is 189 cm³/mol. The summed E-state index contributed by atoms with van der Waals surface area (Å²) in [5.41, 5.74) is 0.951. The van der Waals surface area contributed by atoms with Crippen molar-refractivity contribution < 1.29 is 73.9 Å². The third-order valence-corrected chi connectivity index (χ3v) is 9.18. The van der Waals surface area contributed by atoms with Gasteiger partial charge in [0.15, 0.2) is 18.6 Å². The fraction of sp³-hybridized carbons (Fsp3) is 0.618. The molecule has 11 N–H and O–H groups in total. The lowest BCUT2D eigenvalue weighted by atomic mass is 9.95. The van der Waals surface area contributed by atoms with Crippen molar-refractivity contribution in [3.8, 4) is 0 Å². The maximum absolute atomic E-state index is 12.9. The predicted octanol–water partition coefficient (Wildman–Crippen LogP) is -3.33. The Labute approximate surface area is 315 Å². The summed E-state index contributed by atoms with van der Waals surface area (Å²) >= 11 is 0. The molecular formula is C34H50N6O15. The number of likely N-dealkylation sites (N-methyl/N-ethyl adjacent to an activating group) is 1. The van der Waals surface area contributed by atoms with Gasteiger partial charge in [-0.25, -0.2) is 14.6 Å². The molecule has 2 saturated heterocycles. The number of amides is 4. The number of benzene rings is 1. The van der Waals surface area contributed by atoms with Gasteiger partial charge in [0.05, 0.1) is 25.3 Å². The molecule has 2 fully saturated rings. The summed E-state index contributed by atoms with van der Waals surface area (Å²) in [6.45, 7) is 5.68. The van der Waals surface area contributed by atoms with Crippen LogP contribution in [0.15, 0.2) is 30.3 Å².